The molecule has 0 aromatic rings. The van der Waals surface area contributed by atoms with Gasteiger partial charge in [0.05, 0.1) is 1.37 Å². The first-order valence-corrected chi connectivity index (χ1v) is 2.72. The van der Waals surface area contributed by atoms with E-state index in [-0.39, 0.29) is 0 Å². The molecule has 0 rings (SSSR count). The van der Waals surface area contributed by atoms with Crippen LogP contribution in [-0.4, -0.2) is 0 Å². The standard InChI is InChI=1S/C8H12/c1-4-7-8(5-2)6-3/h5-7H,2-4H2,1H3/i2D/b5-2+,8-7?. The number of hydrogen-bond acceptors (Lipinski definition) is 0. The molecule has 0 unspecified atom stereocenters. The lowest BCUT2D eigenvalue weighted by molar-refractivity contribution is 1.21. The van der Waals surface area contributed by atoms with Gasteiger partial charge in [-0.05, 0) is 12.0 Å². The second-order valence-electron chi connectivity index (χ2n) is 1.48. The van der Waals surface area contributed by atoms with E-state index >= 15 is 0 Å². The van der Waals surface area contributed by atoms with Crippen LogP contribution in [0, 0.1) is 0 Å². The molecule has 44 valence electrons. The molecular formula is C8H12. The Hall–Kier alpha value is -0.780. The van der Waals surface area contributed by atoms with E-state index in [0.29, 0.717) is 0 Å². The van der Waals surface area contributed by atoms with Crippen LogP contribution >= 0.6 is 0 Å². The third kappa shape index (κ3) is 2.40. The van der Waals surface area contributed by atoms with Gasteiger partial charge in [-0.3, -0.25) is 0 Å². The van der Waals surface area contributed by atoms with Crippen molar-refractivity contribution >= 4 is 0 Å². The lowest BCUT2D eigenvalue weighted by Gasteiger charge is -1.86. The van der Waals surface area contributed by atoms with Gasteiger partial charge in [0.2, 0.25) is 0 Å². The van der Waals surface area contributed by atoms with Gasteiger partial charge in [0, 0.05) is 0 Å². The van der Waals surface area contributed by atoms with Crippen molar-refractivity contribution in [2.45, 2.75) is 13.3 Å². The zero-order chi connectivity index (χ0) is 7.11. The summed E-state index contributed by atoms with van der Waals surface area (Å²) in [5, 5.41) is 0. The zero-order valence-electron chi connectivity index (χ0n) is 6.22. The Morgan fingerprint density at radius 3 is 2.88 bits per heavy atom. The number of hydrogen-bond donors (Lipinski definition) is 0. The Labute approximate surface area is 52.6 Å². The van der Waals surface area contributed by atoms with Crippen molar-refractivity contribution in [3.63, 3.8) is 0 Å². The molecule has 0 saturated carbocycles. The summed E-state index contributed by atoms with van der Waals surface area (Å²) in [6.45, 7) is 6.92. The summed E-state index contributed by atoms with van der Waals surface area (Å²) in [6.07, 6.45) is 6.48. The Bertz CT molecular complexity index is 132. The van der Waals surface area contributed by atoms with E-state index in [1.807, 2.05) is 6.08 Å². The normalized spacial score (nSPS) is 14.1. The summed E-state index contributed by atoms with van der Waals surface area (Å²) in [5.41, 5.74) is 1.02. The SMILES string of the molecule is [2H]/C=C/C(C=C)=CCC. The first-order chi connectivity index (χ1) is 4.35. The summed E-state index contributed by atoms with van der Waals surface area (Å²) in [7, 11) is 0. The van der Waals surface area contributed by atoms with Crippen molar-refractivity contribution in [2.24, 2.45) is 0 Å². The Morgan fingerprint density at radius 2 is 2.50 bits per heavy atom. The molecule has 0 amide bonds. The molecule has 0 heteroatoms. The molecule has 0 aliphatic carbocycles. The highest BCUT2D eigenvalue weighted by atomic mass is 13.8. The molecule has 0 heterocycles. The summed E-state index contributed by atoms with van der Waals surface area (Å²) in [5.74, 6) is 0. The summed E-state index contributed by atoms with van der Waals surface area (Å²) >= 11 is 0. The van der Waals surface area contributed by atoms with Gasteiger partial charge in [0.1, 0.15) is 0 Å². The van der Waals surface area contributed by atoms with E-state index in [2.05, 4.69) is 13.5 Å². The van der Waals surface area contributed by atoms with Gasteiger partial charge in [-0.25, -0.2) is 0 Å². The van der Waals surface area contributed by atoms with Crippen LogP contribution in [0.5, 0.6) is 0 Å². The average Bonchev–Trinajstić information content (AvgIpc) is 1.88. The number of rotatable bonds is 3. The minimum atomic E-state index is 0.992. The predicted octanol–water partition coefficient (Wildman–Crippen LogP) is 2.69. The van der Waals surface area contributed by atoms with Crippen LogP contribution in [0.4, 0.5) is 0 Å². The smallest absolute Gasteiger partial charge is 0.0538 e. The fourth-order valence-corrected chi connectivity index (χ4v) is 0.455. The molecule has 0 aromatic carbocycles. The highest BCUT2D eigenvalue weighted by molar-refractivity contribution is 5.26. The molecule has 0 aliphatic rings. The van der Waals surface area contributed by atoms with Crippen molar-refractivity contribution in [2.75, 3.05) is 0 Å². The van der Waals surface area contributed by atoms with E-state index in [9.17, 15) is 0 Å². The van der Waals surface area contributed by atoms with Gasteiger partial charge in [0.15, 0.2) is 0 Å². The van der Waals surface area contributed by atoms with Crippen LogP contribution in [0.25, 0.3) is 0 Å². The van der Waals surface area contributed by atoms with Crippen LogP contribution in [0.15, 0.2) is 36.9 Å². The highest BCUT2D eigenvalue weighted by Crippen LogP contribution is 1.96. The molecule has 0 spiro atoms. The summed E-state index contributed by atoms with van der Waals surface area (Å²) in [6, 6.07) is 0. The fourth-order valence-electron chi connectivity index (χ4n) is 0.455. The highest BCUT2D eigenvalue weighted by Gasteiger charge is 1.76. The Balaban J connectivity index is 3.97. The molecule has 0 nitrogen and oxygen atoms in total. The molecule has 0 aliphatic heterocycles. The molecular weight excluding hydrogens is 96.1 g/mol. The average molecular weight is 109 g/mol. The lowest BCUT2D eigenvalue weighted by atomic mass is 10.2. The van der Waals surface area contributed by atoms with Crippen molar-refractivity contribution < 1.29 is 1.37 Å². The van der Waals surface area contributed by atoms with Gasteiger partial charge in [-0.1, -0.05) is 38.3 Å². The van der Waals surface area contributed by atoms with E-state index < -0.39 is 0 Å². The van der Waals surface area contributed by atoms with Crippen molar-refractivity contribution in [1.82, 2.24) is 0 Å². The van der Waals surface area contributed by atoms with Crippen LogP contribution in [0.2, 0.25) is 0 Å². The Morgan fingerprint density at radius 1 is 1.75 bits per heavy atom. The molecule has 0 N–H and O–H groups in total. The van der Waals surface area contributed by atoms with Gasteiger partial charge >= 0.3 is 0 Å². The molecule has 0 saturated heterocycles. The molecule has 0 fully saturated rings. The van der Waals surface area contributed by atoms with E-state index in [4.69, 9.17) is 1.37 Å². The van der Waals surface area contributed by atoms with Gasteiger partial charge in [-0.15, -0.1) is 0 Å². The molecule has 0 bridgehead atoms. The molecule has 8 heavy (non-hydrogen) atoms. The second-order valence-corrected chi connectivity index (χ2v) is 1.48. The third-order valence-electron chi connectivity index (χ3n) is 0.868. The third-order valence-corrected chi connectivity index (χ3v) is 0.868. The van der Waals surface area contributed by atoms with E-state index in [0.717, 1.165) is 12.0 Å². The summed E-state index contributed by atoms with van der Waals surface area (Å²) in [4.78, 5) is 0. The Kier molecular flexibility index (Phi) is 2.93. The van der Waals surface area contributed by atoms with Gasteiger partial charge in [-0.2, -0.15) is 0 Å². The molecule has 0 radical (unpaired) electrons. The van der Waals surface area contributed by atoms with Crippen LogP contribution in [0.3, 0.4) is 0 Å². The largest absolute Gasteiger partial charge is 0.0985 e. The van der Waals surface area contributed by atoms with Crippen LogP contribution in [0.1, 0.15) is 14.7 Å². The fraction of sp³-hybridized carbons (Fsp3) is 0.250. The maximum atomic E-state index is 6.75. The zero-order valence-corrected chi connectivity index (χ0v) is 5.22. The maximum absolute atomic E-state index is 6.75. The minimum absolute atomic E-state index is 0.992. The van der Waals surface area contributed by atoms with Crippen molar-refractivity contribution in [1.29, 1.82) is 0 Å². The van der Waals surface area contributed by atoms with E-state index in [1.165, 1.54) is 6.55 Å². The van der Waals surface area contributed by atoms with Crippen molar-refractivity contribution in [3.05, 3.63) is 36.9 Å². The van der Waals surface area contributed by atoms with Crippen LogP contribution < -0.4 is 0 Å². The molecule has 0 atom stereocenters. The lowest BCUT2D eigenvalue weighted by Crippen LogP contribution is -1.65. The predicted molar refractivity (Wildman–Crippen MR) is 38.8 cm³/mol. The van der Waals surface area contributed by atoms with Gasteiger partial charge < -0.3 is 0 Å². The first kappa shape index (κ1) is 5.36. The first-order valence-electron chi connectivity index (χ1n) is 3.30. The minimum Gasteiger partial charge on any atom is -0.0985 e. The quantitative estimate of drug-likeness (QED) is 0.489. The van der Waals surface area contributed by atoms with Crippen molar-refractivity contribution in [3.8, 4) is 0 Å². The maximum Gasteiger partial charge on any atom is 0.0538 e. The molecule has 0 aromatic heterocycles. The monoisotopic (exact) mass is 109 g/mol. The van der Waals surface area contributed by atoms with E-state index in [1.54, 1.807) is 12.2 Å². The van der Waals surface area contributed by atoms with Gasteiger partial charge in [0.25, 0.3) is 0 Å². The van der Waals surface area contributed by atoms with Crippen LogP contribution in [-0.2, 0) is 0 Å². The number of allylic oxidation sites excluding steroid dienone is 4. The summed E-state index contributed by atoms with van der Waals surface area (Å²) < 4.78 is 6.75. The topological polar surface area (TPSA) is 0 Å². The second kappa shape index (κ2) is 4.38.